The molecule has 1 aromatic carbocycles. The van der Waals surface area contributed by atoms with Gasteiger partial charge in [0.2, 0.25) is 0 Å². The van der Waals surface area contributed by atoms with Crippen molar-refractivity contribution in [2.75, 3.05) is 19.6 Å². The minimum Gasteiger partial charge on any atom is -0.377 e. The molecule has 2 aromatic rings. The number of aliphatic hydroxyl groups is 1. The monoisotopic (exact) mass is 505 g/mol. The normalized spacial score (nSPS) is 28.6. The van der Waals surface area contributed by atoms with E-state index in [4.69, 9.17) is 0 Å². The van der Waals surface area contributed by atoms with Gasteiger partial charge in [0.15, 0.2) is 5.60 Å². The van der Waals surface area contributed by atoms with Gasteiger partial charge in [-0.25, -0.2) is 22.2 Å². The molecule has 0 radical (unpaired) electrons. The van der Waals surface area contributed by atoms with Crippen molar-refractivity contribution in [3.05, 3.63) is 53.4 Å². The molecule has 35 heavy (non-hydrogen) atoms. The van der Waals surface area contributed by atoms with Crippen molar-refractivity contribution < 1.29 is 35.8 Å². The van der Waals surface area contributed by atoms with E-state index in [2.05, 4.69) is 15.5 Å². The molecule has 13 heteroatoms. The maximum Gasteiger partial charge on any atom is 0.401 e. The molecule has 4 aliphatic rings. The molecule has 190 valence electrons. The Kier molecular flexibility index (Phi) is 5.34. The third-order valence-corrected chi connectivity index (χ3v) is 7.75. The lowest BCUT2D eigenvalue weighted by molar-refractivity contribution is -0.361. The Labute approximate surface area is 195 Å². The van der Waals surface area contributed by atoms with E-state index in [9.17, 15) is 27.1 Å². The van der Waals surface area contributed by atoms with Crippen LogP contribution in [0.5, 0.6) is 0 Å². The van der Waals surface area contributed by atoms with Crippen LogP contribution in [-0.4, -0.2) is 61.9 Å². The van der Waals surface area contributed by atoms with E-state index in [-0.39, 0.29) is 32.4 Å². The molecule has 1 N–H and O–H groups in total. The van der Waals surface area contributed by atoms with Gasteiger partial charge in [-0.05, 0) is 53.7 Å². The van der Waals surface area contributed by atoms with Crippen LogP contribution in [0.25, 0.3) is 0 Å². The van der Waals surface area contributed by atoms with E-state index in [1.54, 1.807) is 6.08 Å². The summed E-state index contributed by atoms with van der Waals surface area (Å²) in [6, 6.07) is 2.02. The maximum atomic E-state index is 16.1. The van der Waals surface area contributed by atoms with E-state index in [0.29, 0.717) is 12.5 Å². The second-order valence-electron chi connectivity index (χ2n) is 9.99. The Balaban J connectivity index is 1.39. The number of rotatable bonds is 7. The molecule has 1 aromatic heterocycles. The van der Waals surface area contributed by atoms with Gasteiger partial charge < -0.3 is 5.11 Å². The van der Waals surface area contributed by atoms with E-state index in [0.717, 1.165) is 28.7 Å². The number of alkyl halides is 5. The van der Waals surface area contributed by atoms with Crippen LogP contribution in [0.2, 0.25) is 0 Å². The highest BCUT2D eigenvalue weighted by Gasteiger charge is 2.82. The quantitative estimate of drug-likeness (QED) is 0.458. The fourth-order valence-corrected chi connectivity index (χ4v) is 6.16. The van der Waals surface area contributed by atoms with Crippen molar-refractivity contribution in [1.29, 1.82) is 0 Å². The summed E-state index contributed by atoms with van der Waals surface area (Å²) in [5, 5.41) is 21.6. The molecule has 0 amide bonds. The topological polar surface area (TPSA) is 67.1 Å². The molecule has 1 aliphatic heterocycles. The molecule has 6 nitrogen and oxygen atoms in total. The van der Waals surface area contributed by atoms with Crippen LogP contribution in [0, 0.1) is 22.5 Å². The summed E-state index contributed by atoms with van der Waals surface area (Å²) in [6.45, 7) is -1.62. The van der Waals surface area contributed by atoms with Gasteiger partial charge in [0, 0.05) is 30.1 Å². The number of nitrogens with zero attached hydrogens (tertiary/aromatic N) is 5. The number of hydrogen-bond donors (Lipinski definition) is 1. The second kappa shape index (κ2) is 7.73. The summed E-state index contributed by atoms with van der Waals surface area (Å²) < 4.78 is 99.2. The third-order valence-electron chi connectivity index (χ3n) is 7.75. The van der Waals surface area contributed by atoms with E-state index in [1.165, 1.54) is 4.90 Å². The van der Waals surface area contributed by atoms with Crippen molar-refractivity contribution in [3.8, 4) is 0 Å². The smallest absolute Gasteiger partial charge is 0.377 e. The van der Waals surface area contributed by atoms with Gasteiger partial charge in [0.05, 0.1) is 13.1 Å². The van der Waals surface area contributed by atoms with Gasteiger partial charge in [-0.1, -0.05) is 11.6 Å². The molecular weight excluding hydrogens is 483 g/mol. The van der Waals surface area contributed by atoms with Crippen LogP contribution in [0.1, 0.15) is 31.2 Å². The van der Waals surface area contributed by atoms with Gasteiger partial charge in [-0.15, -0.1) is 5.10 Å². The van der Waals surface area contributed by atoms with Crippen LogP contribution in [0.4, 0.5) is 30.7 Å². The Bertz CT molecular complexity index is 1130. The molecule has 3 aliphatic carbocycles. The second-order valence-corrected chi connectivity index (χ2v) is 9.99. The minimum atomic E-state index is -4.31. The predicted octanol–water partition coefficient (Wildman–Crippen LogP) is 3.84. The number of benzene rings is 1. The molecule has 0 saturated heterocycles. The average molecular weight is 505 g/mol. The molecular formula is C22H22F7N5O. The zero-order chi connectivity index (χ0) is 25.3. The SMILES string of the molecule is O[C@](Cn1cnnn1)(c1ccc(F)cc1F)C(F)(F)C12CC(C3=CCN(CC(F)(F)F)CC3)(C1)C2. The van der Waals surface area contributed by atoms with Crippen molar-refractivity contribution in [1.82, 2.24) is 25.1 Å². The molecule has 6 rings (SSSR count). The van der Waals surface area contributed by atoms with Gasteiger partial charge in [-0.3, -0.25) is 4.90 Å². The third kappa shape index (κ3) is 3.74. The summed E-state index contributed by atoms with van der Waals surface area (Å²) >= 11 is 0. The number of halogens is 7. The first-order chi connectivity index (χ1) is 16.3. The van der Waals surface area contributed by atoms with Gasteiger partial charge in [-0.2, -0.15) is 13.2 Å². The Morgan fingerprint density at radius 2 is 1.74 bits per heavy atom. The first-order valence-electron chi connectivity index (χ1n) is 11.0. The lowest BCUT2D eigenvalue weighted by Crippen LogP contribution is -2.75. The lowest BCUT2D eigenvalue weighted by atomic mass is 9.30. The summed E-state index contributed by atoms with van der Waals surface area (Å²) in [5.74, 6) is -6.14. The van der Waals surface area contributed by atoms with Gasteiger partial charge >= 0.3 is 6.18 Å². The lowest BCUT2D eigenvalue weighted by Gasteiger charge is -2.75. The van der Waals surface area contributed by atoms with E-state index < -0.39 is 58.8 Å². The molecule has 1 atom stereocenters. The standard InChI is InChI=1S/C22H22F7N5O/c23-15-1-2-16(17(24)7-15)20(35,11-34-13-30-31-32-34)22(28,29)19-8-18(9-19,10-19)14-3-5-33(6-4-14)12-21(25,26)27/h1-3,7,13,35H,4-6,8-12H2/t18?,19?,20-/m1/s1. The average Bonchev–Trinajstić information content (AvgIpc) is 3.18. The zero-order valence-corrected chi connectivity index (χ0v) is 18.4. The predicted molar refractivity (Wildman–Crippen MR) is 107 cm³/mol. The van der Waals surface area contributed by atoms with Crippen LogP contribution >= 0.6 is 0 Å². The van der Waals surface area contributed by atoms with Crippen molar-refractivity contribution in [3.63, 3.8) is 0 Å². The highest BCUT2D eigenvalue weighted by molar-refractivity contribution is 5.39. The highest BCUT2D eigenvalue weighted by atomic mass is 19.4. The molecule has 3 saturated carbocycles. The number of aromatic nitrogens is 4. The largest absolute Gasteiger partial charge is 0.401 e. The molecule has 0 spiro atoms. The van der Waals surface area contributed by atoms with E-state index in [1.807, 2.05) is 0 Å². The number of tetrazole rings is 1. The zero-order valence-electron chi connectivity index (χ0n) is 18.4. The van der Waals surface area contributed by atoms with Crippen molar-refractivity contribution >= 4 is 0 Å². The summed E-state index contributed by atoms with van der Waals surface area (Å²) in [5.41, 5.74) is -5.17. The van der Waals surface area contributed by atoms with Crippen LogP contribution in [0.15, 0.2) is 36.2 Å². The van der Waals surface area contributed by atoms with Crippen molar-refractivity contribution in [2.45, 2.75) is 49.9 Å². The van der Waals surface area contributed by atoms with Gasteiger partial charge in [0.1, 0.15) is 18.0 Å². The summed E-state index contributed by atoms with van der Waals surface area (Å²) in [6.07, 6.45) is -1.24. The number of hydrogen-bond acceptors (Lipinski definition) is 5. The van der Waals surface area contributed by atoms with Crippen LogP contribution in [-0.2, 0) is 12.1 Å². The van der Waals surface area contributed by atoms with E-state index >= 15 is 8.78 Å². The molecule has 0 unspecified atom stereocenters. The Morgan fingerprint density at radius 3 is 2.29 bits per heavy atom. The van der Waals surface area contributed by atoms with Crippen molar-refractivity contribution in [2.24, 2.45) is 10.8 Å². The fourth-order valence-electron chi connectivity index (χ4n) is 6.16. The minimum absolute atomic E-state index is 0.0127. The Hall–Kier alpha value is -2.54. The van der Waals surface area contributed by atoms with Crippen LogP contribution < -0.4 is 0 Å². The molecule has 3 fully saturated rings. The Morgan fingerprint density at radius 1 is 1.03 bits per heavy atom. The fraction of sp³-hybridized carbons (Fsp3) is 0.591. The van der Waals surface area contributed by atoms with Gasteiger partial charge in [0.25, 0.3) is 5.92 Å². The highest BCUT2D eigenvalue weighted by Crippen LogP contribution is 2.82. The summed E-state index contributed by atoms with van der Waals surface area (Å²) in [4.78, 5) is 1.25. The molecule has 2 heterocycles. The molecule has 2 bridgehead atoms. The van der Waals surface area contributed by atoms with Crippen LogP contribution in [0.3, 0.4) is 0 Å². The first-order valence-corrected chi connectivity index (χ1v) is 11.0. The maximum absolute atomic E-state index is 16.1. The summed E-state index contributed by atoms with van der Waals surface area (Å²) in [7, 11) is 0. The first kappa shape index (κ1) is 24.2.